The zero-order valence-electron chi connectivity index (χ0n) is 15.3. The van der Waals surface area contributed by atoms with Crippen molar-refractivity contribution in [1.29, 1.82) is 0 Å². The molecule has 0 radical (unpaired) electrons. The van der Waals surface area contributed by atoms with E-state index in [1.54, 1.807) is 29.9 Å². The maximum Gasteiger partial charge on any atom is 0.246 e. The molecule has 1 saturated carbocycles. The molecule has 0 amide bonds. The van der Waals surface area contributed by atoms with Gasteiger partial charge in [-0.2, -0.15) is 9.40 Å². The first-order valence-electron chi connectivity index (χ1n) is 8.78. The number of aromatic nitrogens is 2. The molecule has 1 aromatic rings. The second kappa shape index (κ2) is 5.81. The van der Waals surface area contributed by atoms with Crippen LogP contribution in [0, 0.1) is 31.1 Å². The Hall–Kier alpha value is -0.920. The summed E-state index contributed by atoms with van der Waals surface area (Å²) < 4.78 is 29.2. The van der Waals surface area contributed by atoms with Crippen LogP contribution in [-0.2, 0) is 17.1 Å². The van der Waals surface area contributed by atoms with E-state index in [-0.39, 0.29) is 11.5 Å². The highest BCUT2D eigenvalue weighted by Gasteiger charge is 2.55. The molecule has 1 N–H and O–H groups in total. The zero-order chi connectivity index (χ0) is 17.9. The Morgan fingerprint density at radius 1 is 1.25 bits per heavy atom. The third-order valence-electron chi connectivity index (χ3n) is 6.29. The molecule has 7 heteroatoms. The molecule has 2 fully saturated rings. The molecule has 0 bridgehead atoms. The highest BCUT2D eigenvalue weighted by atomic mass is 32.2. The van der Waals surface area contributed by atoms with Gasteiger partial charge in [-0.3, -0.25) is 4.68 Å². The fraction of sp³-hybridized carbons (Fsp3) is 0.824. The third-order valence-corrected chi connectivity index (χ3v) is 8.44. The van der Waals surface area contributed by atoms with E-state index in [9.17, 15) is 13.5 Å². The second-order valence-electron chi connectivity index (χ2n) is 7.95. The lowest BCUT2D eigenvalue weighted by atomic mass is 9.53. The Morgan fingerprint density at radius 2 is 1.83 bits per heavy atom. The van der Waals surface area contributed by atoms with Crippen LogP contribution in [0.25, 0.3) is 0 Å². The SMILES string of the molecule is Cc1nn(C)c(C)c1S(=O)(=O)N1CCC2(CC1)CC(C(C)C)C2O. The molecule has 1 spiro atoms. The Balaban J connectivity index is 1.75. The Morgan fingerprint density at radius 3 is 2.25 bits per heavy atom. The predicted molar refractivity (Wildman–Crippen MR) is 92.1 cm³/mol. The van der Waals surface area contributed by atoms with Crippen LogP contribution in [0.3, 0.4) is 0 Å². The molecule has 2 atom stereocenters. The average Bonchev–Trinajstić information content (AvgIpc) is 2.77. The van der Waals surface area contributed by atoms with E-state index in [2.05, 4.69) is 18.9 Å². The minimum absolute atomic E-state index is 0.0695. The third kappa shape index (κ3) is 2.52. The number of rotatable bonds is 3. The maximum absolute atomic E-state index is 13.0. The van der Waals surface area contributed by atoms with Gasteiger partial charge in [0.2, 0.25) is 10.0 Å². The second-order valence-corrected chi connectivity index (χ2v) is 9.82. The van der Waals surface area contributed by atoms with Gasteiger partial charge in [0, 0.05) is 20.1 Å². The first kappa shape index (κ1) is 17.9. The Bertz CT molecular complexity index is 731. The molecule has 1 aliphatic carbocycles. The topological polar surface area (TPSA) is 75.4 Å². The van der Waals surface area contributed by atoms with E-state index < -0.39 is 10.0 Å². The number of aryl methyl sites for hydroxylation is 2. The van der Waals surface area contributed by atoms with Crippen LogP contribution in [0.15, 0.2) is 4.90 Å². The van der Waals surface area contributed by atoms with Crippen molar-refractivity contribution < 1.29 is 13.5 Å². The van der Waals surface area contributed by atoms with Crippen LogP contribution in [0.1, 0.15) is 44.5 Å². The number of sulfonamides is 1. The van der Waals surface area contributed by atoms with Crippen LogP contribution in [0.5, 0.6) is 0 Å². The number of aliphatic hydroxyl groups is 1. The van der Waals surface area contributed by atoms with Gasteiger partial charge in [-0.05, 0) is 50.4 Å². The van der Waals surface area contributed by atoms with Gasteiger partial charge in [0.25, 0.3) is 0 Å². The van der Waals surface area contributed by atoms with Crippen LogP contribution in [-0.4, -0.2) is 46.8 Å². The average molecular weight is 356 g/mol. The standard InChI is InChI=1S/C17H29N3O3S/c1-11(2)14-10-17(16(14)21)6-8-20(9-7-17)24(22,23)15-12(3)18-19(5)13(15)4/h11,14,16,21H,6-10H2,1-5H3. The summed E-state index contributed by atoms with van der Waals surface area (Å²) in [5.41, 5.74) is 1.16. The molecule has 1 saturated heterocycles. The highest BCUT2D eigenvalue weighted by molar-refractivity contribution is 7.89. The lowest BCUT2D eigenvalue weighted by Gasteiger charge is -2.57. The van der Waals surface area contributed by atoms with E-state index in [1.165, 1.54) is 0 Å². The van der Waals surface area contributed by atoms with Crippen LogP contribution in [0.2, 0.25) is 0 Å². The monoisotopic (exact) mass is 355 g/mol. The van der Waals surface area contributed by atoms with Crippen LogP contribution in [0.4, 0.5) is 0 Å². The van der Waals surface area contributed by atoms with Crippen molar-refractivity contribution in [3.8, 4) is 0 Å². The van der Waals surface area contributed by atoms with Gasteiger partial charge in [0.1, 0.15) is 4.90 Å². The number of aliphatic hydroxyl groups excluding tert-OH is 1. The summed E-state index contributed by atoms with van der Waals surface area (Å²) >= 11 is 0. The van der Waals surface area contributed by atoms with E-state index in [1.807, 2.05) is 0 Å². The van der Waals surface area contributed by atoms with Crippen molar-refractivity contribution in [2.24, 2.45) is 24.3 Å². The van der Waals surface area contributed by atoms with E-state index >= 15 is 0 Å². The van der Waals surface area contributed by atoms with Crippen LogP contribution < -0.4 is 0 Å². The fourth-order valence-electron chi connectivity index (χ4n) is 4.52. The fourth-order valence-corrected chi connectivity index (χ4v) is 6.37. The van der Waals surface area contributed by atoms with Crippen molar-refractivity contribution in [3.63, 3.8) is 0 Å². The van der Waals surface area contributed by atoms with Crippen molar-refractivity contribution in [3.05, 3.63) is 11.4 Å². The minimum atomic E-state index is -3.52. The normalized spacial score (nSPS) is 27.6. The highest BCUT2D eigenvalue weighted by Crippen LogP contribution is 2.55. The van der Waals surface area contributed by atoms with Crippen molar-refractivity contribution in [1.82, 2.24) is 14.1 Å². The molecule has 3 rings (SSSR count). The molecule has 1 aromatic heterocycles. The number of hydrogen-bond donors (Lipinski definition) is 1. The summed E-state index contributed by atoms with van der Waals surface area (Å²) in [5.74, 6) is 0.837. The van der Waals surface area contributed by atoms with Crippen molar-refractivity contribution in [2.75, 3.05) is 13.1 Å². The lowest BCUT2D eigenvalue weighted by Crippen LogP contribution is -2.59. The molecule has 2 unspecified atom stereocenters. The van der Waals surface area contributed by atoms with E-state index in [0.29, 0.717) is 41.2 Å². The molecule has 0 aromatic carbocycles. The Labute approximate surface area is 144 Å². The van der Waals surface area contributed by atoms with Crippen molar-refractivity contribution >= 4 is 10.0 Å². The van der Waals surface area contributed by atoms with Crippen LogP contribution >= 0.6 is 0 Å². The van der Waals surface area contributed by atoms with Gasteiger partial charge in [-0.1, -0.05) is 13.8 Å². The Kier molecular flexibility index (Phi) is 4.33. The summed E-state index contributed by atoms with van der Waals surface area (Å²) in [6.07, 6.45) is 2.22. The quantitative estimate of drug-likeness (QED) is 0.898. The molecule has 136 valence electrons. The largest absolute Gasteiger partial charge is 0.392 e. The number of nitrogens with zero attached hydrogens (tertiary/aromatic N) is 3. The minimum Gasteiger partial charge on any atom is -0.392 e. The van der Waals surface area contributed by atoms with Gasteiger partial charge in [0.05, 0.1) is 17.5 Å². The number of hydrogen-bond acceptors (Lipinski definition) is 4. The molecule has 2 heterocycles. The van der Waals surface area contributed by atoms with Gasteiger partial charge in [-0.25, -0.2) is 8.42 Å². The van der Waals surface area contributed by atoms with Gasteiger partial charge in [0.15, 0.2) is 0 Å². The summed E-state index contributed by atoms with van der Waals surface area (Å²) in [7, 11) is -1.75. The molecule has 2 aliphatic rings. The summed E-state index contributed by atoms with van der Waals surface area (Å²) in [5, 5.41) is 14.8. The summed E-state index contributed by atoms with van der Waals surface area (Å²) in [6, 6.07) is 0. The molecule has 24 heavy (non-hydrogen) atoms. The molecule has 1 aliphatic heterocycles. The lowest BCUT2D eigenvalue weighted by molar-refractivity contribution is -0.156. The smallest absolute Gasteiger partial charge is 0.246 e. The summed E-state index contributed by atoms with van der Waals surface area (Å²) in [6.45, 7) is 8.80. The zero-order valence-corrected chi connectivity index (χ0v) is 16.1. The van der Waals surface area contributed by atoms with Gasteiger partial charge >= 0.3 is 0 Å². The van der Waals surface area contributed by atoms with E-state index in [0.717, 1.165) is 19.3 Å². The van der Waals surface area contributed by atoms with Crippen molar-refractivity contribution in [2.45, 2.75) is 58.0 Å². The maximum atomic E-state index is 13.0. The first-order chi connectivity index (χ1) is 11.1. The van der Waals surface area contributed by atoms with Gasteiger partial charge in [-0.15, -0.1) is 0 Å². The predicted octanol–water partition coefficient (Wildman–Crippen LogP) is 1.84. The molecular weight excluding hydrogens is 326 g/mol. The number of piperidine rings is 1. The van der Waals surface area contributed by atoms with E-state index in [4.69, 9.17) is 0 Å². The first-order valence-corrected chi connectivity index (χ1v) is 10.2. The molecule has 6 nitrogen and oxygen atoms in total. The molecular formula is C17H29N3O3S. The van der Waals surface area contributed by atoms with Gasteiger partial charge < -0.3 is 5.11 Å². The summed E-state index contributed by atoms with van der Waals surface area (Å²) in [4.78, 5) is 0.343.